The Morgan fingerprint density at radius 2 is 1.79 bits per heavy atom. The second-order valence-corrected chi connectivity index (χ2v) is 8.51. The highest BCUT2D eigenvalue weighted by molar-refractivity contribution is 7.09. The lowest BCUT2D eigenvalue weighted by molar-refractivity contribution is 0.305. The Morgan fingerprint density at radius 1 is 1.04 bits per heavy atom. The predicted molar refractivity (Wildman–Crippen MR) is 114 cm³/mol. The topological polar surface area (TPSA) is 36.3 Å². The third-order valence-electron chi connectivity index (χ3n) is 5.60. The lowest BCUT2D eigenvalue weighted by Crippen LogP contribution is -2.15. The summed E-state index contributed by atoms with van der Waals surface area (Å²) >= 11 is 1.66. The van der Waals surface area contributed by atoms with Crippen LogP contribution in [0.1, 0.15) is 42.8 Å². The summed E-state index contributed by atoms with van der Waals surface area (Å²) in [5.74, 6) is 2.46. The summed E-state index contributed by atoms with van der Waals surface area (Å²) in [5.41, 5.74) is 3.61. The van der Waals surface area contributed by atoms with Crippen molar-refractivity contribution in [3.05, 3.63) is 52.5 Å². The van der Waals surface area contributed by atoms with E-state index in [4.69, 9.17) is 14.5 Å². The zero-order valence-electron chi connectivity index (χ0n) is 16.7. The molecule has 5 heteroatoms. The highest BCUT2D eigenvalue weighted by atomic mass is 32.1. The quantitative estimate of drug-likeness (QED) is 0.485. The van der Waals surface area contributed by atoms with Crippen LogP contribution in [0, 0.1) is 12.8 Å². The van der Waals surface area contributed by atoms with Crippen LogP contribution in [-0.2, 0) is 13.2 Å². The zero-order chi connectivity index (χ0) is 19.3. The minimum atomic E-state index is 0.485. The number of rotatable bonds is 7. The molecular formula is C23H28N2O2S. The van der Waals surface area contributed by atoms with Crippen LogP contribution in [0.25, 0.3) is 11.4 Å². The maximum absolute atomic E-state index is 5.88. The number of hydrogen-bond acceptors (Lipinski definition) is 4. The van der Waals surface area contributed by atoms with Crippen molar-refractivity contribution in [2.75, 3.05) is 7.11 Å². The van der Waals surface area contributed by atoms with E-state index in [1.165, 1.54) is 43.5 Å². The molecule has 0 bridgehead atoms. The van der Waals surface area contributed by atoms with Gasteiger partial charge in [0.05, 0.1) is 18.5 Å². The van der Waals surface area contributed by atoms with Gasteiger partial charge in [0.2, 0.25) is 0 Å². The van der Waals surface area contributed by atoms with Crippen molar-refractivity contribution in [1.82, 2.24) is 9.55 Å². The summed E-state index contributed by atoms with van der Waals surface area (Å²) in [6.45, 7) is 3.80. The molecule has 1 aliphatic rings. The molecule has 1 aromatic carbocycles. The minimum absolute atomic E-state index is 0.485. The standard InChI is InChI=1S/C23H28N2O2S/c1-17-8-13-22(25(17)14-18-6-4-3-5-7-18)21-16-28-23(24-21)15-27-20-11-9-19(26-2)10-12-20/h8-13,16,18H,3-7,14-15H2,1-2H3. The van der Waals surface area contributed by atoms with Gasteiger partial charge in [0.1, 0.15) is 23.1 Å². The highest BCUT2D eigenvalue weighted by Crippen LogP contribution is 2.30. The van der Waals surface area contributed by atoms with Gasteiger partial charge in [-0.15, -0.1) is 11.3 Å². The molecule has 2 heterocycles. The van der Waals surface area contributed by atoms with Crippen LogP contribution in [0.4, 0.5) is 0 Å². The normalized spacial score (nSPS) is 14.9. The first-order valence-electron chi connectivity index (χ1n) is 10.1. The van der Waals surface area contributed by atoms with Crippen molar-refractivity contribution in [2.24, 2.45) is 5.92 Å². The summed E-state index contributed by atoms with van der Waals surface area (Å²) in [6, 6.07) is 12.1. The number of hydrogen-bond donors (Lipinski definition) is 0. The van der Waals surface area contributed by atoms with Crippen LogP contribution in [0.15, 0.2) is 41.8 Å². The Kier molecular flexibility index (Phi) is 6.01. The van der Waals surface area contributed by atoms with Crippen LogP contribution in [0.2, 0.25) is 0 Å². The molecule has 0 saturated heterocycles. The van der Waals surface area contributed by atoms with E-state index in [2.05, 4.69) is 29.0 Å². The second kappa shape index (κ2) is 8.82. The van der Waals surface area contributed by atoms with E-state index in [-0.39, 0.29) is 0 Å². The molecule has 2 aromatic heterocycles. The van der Waals surface area contributed by atoms with Crippen molar-refractivity contribution in [1.29, 1.82) is 0 Å². The van der Waals surface area contributed by atoms with Gasteiger partial charge in [0.15, 0.2) is 0 Å². The first-order chi connectivity index (χ1) is 13.7. The zero-order valence-corrected chi connectivity index (χ0v) is 17.5. The van der Waals surface area contributed by atoms with E-state index >= 15 is 0 Å². The van der Waals surface area contributed by atoms with Crippen molar-refractivity contribution in [3.63, 3.8) is 0 Å². The molecule has 3 aromatic rings. The summed E-state index contributed by atoms with van der Waals surface area (Å²) < 4.78 is 13.5. The Morgan fingerprint density at radius 3 is 2.54 bits per heavy atom. The average molecular weight is 397 g/mol. The molecule has 0 N–H and O–H groups in total. The van der Waals surface area contributed by atoms with Crippen molar-refractivity contribution >= 4 is 11.3 Å². The van der Waals surface area contributed by atoms with Crippen LogP contribution in [0.3, 0.4) is 0 Å². The largest absolute Gasteiger partial charge is 0.497 e. The summed E-state index contributed by atoms with van der Waals surface area (Å²) in [4.78, 5) is 4.84. The van der Waals surface area contributed by atoms with Gasteiger partial charge in [-0.05, 0) is 62.1 Å². The molecule has 0 amide bonds. The summed E-state index contributed by atoms with van der Waals surface area (Å²) in [5, 5.41) is 3.15. The van der Waals surface area contributed by atoms with Gasteiger partial charge in [-0.25, -0.2) is 4.98 Å². The lowest BCUT2D eigenvalue weighted by Gasteiger charge is -2.24. The number of aryl methyl sites for hydroxylation is 1. The van der Waals surface area contributed by atoms with Crippen molar-refractivity contribution in [2.45, 2.75) is 52.2 Å². The van der Waals surface area contributed by atoms with Gasteiger partial charge in [0.25, 0.3) is 0 Å². The number of ether oxygens (including phenoxy) is 2. The number of benzene rings is 1. The van der Waals surface area contributed by atoms with Gasteiger partial charge >= 0.3 is 0 Å². The first-order valence-corrected chi connectivity index (χ1v) is 11.0. The van der Waals surface area contributed by atoms with E-state index < -0.39 is 0 Å². The smallest absolute Gasteiger partial charge is 0.140 e. The molecule has 0 radical (unpaired) electrons. The molecule has 148 valence electrons. The molecule has 0 aliphatic heterocycles. The molecule has 4 rings (SSSR count). The minimum Gasteiger partial charge on any atom is -0.497 e. The predicted octanol–water partition coefficient (Wildman–Crippen LogP) is 6.09. The molecule has 1 aliphatic carbocycles. The van der Waals surface area contributed by atoms with Crippen LogP contribution < -0.4 is 9.47 Å². The second-order valence-electron chi connectivity index (χ2n) is 7.57. The molecule has 0 atom stereocenters. The number of nitrogens with zero attached hydrogens (tertiary/aromatic N) is 2. The van der Waals surface area contributed by atoms with E-state index in [1.807, 2.05) is 24.3 Å². The monoisotopic (exact) mass is 396 g/mol. The Bertz CT molecular complexity index is 892. The first kappa shape index (κ1) is 19.1. The Labute approximate surface area is 171 Å². The Balaban J connectivity index is 1.43. The number of aromatic nitrogens is 2. The van der Waals surface area contributed by atoms with Crippen molar-refractivity contribution in [3.8, 4) is 22.9 Å². The van der Waals surface area contributed by atoms with Crippen LogP contribution >= 0.6 is 11.3 Å². The third kappa shape index (κ3) is 4.41. The van der Waals surface area contributed by atoms with Gasteiger partial charge < -0.3 is 14.0 Å². The molecule has 28 heavy (non-hydrogen) atoms. The van der Waals surface area contributed by atoms with Gasteiger partial charge in [-0.1, -0.05) is 19.3 Å². The third-order valence-corrected chi connectivity index (χ3v) is 6.42. The fraction of sp³-hybridized carbons (Fsp3) is 0.435. The van der Waals surface area contributed by atoms with E-state index in [0.29, 0.717) is 6.61 Å². The maximum Gasteiger partial charge on any atom is 0.140 e. The number of thiazole rings is 1. The molecule has 0 spiro atoms. The van der Waals surface area contributed by atoms with E-state index in [1.54, 1.807) is 18.4 Å². The van der Waals surface area contributed by atoms with Gasteiger partial charge in [-0.2, -0.15) is 0 Å². The SMILES string of the molecule is COc1ccc(OCc2nc(-c3ccc(C)n3CC3CCCCC3)cs2)cc1. The molecule has 1 saturated carbocycles. The highest BCUT2D eigenvalue weighted by Gasteiger charge is 2.18. The van der Waals surface area contributed by atoms with Crippen LogP contribution in [-0.4, -0.2) is 16.7 Å². The fourth-order valence-corrected chi connectivity index (χ4v) is 4.67. The lowest BCUT2D eigenvalue weighted by atomic mass is 9.89. The van der Waals surface area contributed by atoms with Crippen LogP contribution in [0.5, 0.6) is 11.5 Å². The average Bonchev–Trinajstić information content (AvgIpc) is 3.35. The molecular weight excluding hydrogens is 368 g/mol. The maximum atomic E-state index is 5.88. The number of methoxy groups -OCH3 is 1. The molecule has 0 unspecified atom stereocenters. The summed E-state index contributed by atoms with van der Waals surface area (Å²) in [6.07, 6.45) is 6.87. The molecule has 4 nitrogen and oxygen atoms in total. The van der Waals surface area contributed by atoms with E-state index in [9.17, 15) is 0 Å². The van der Waals surface area contributed by atoms with Gasteiger partial charge in [0, 0.05) is 17.6 Å². The van der Waals surface area contributed by atoms with Crippen molar-refractivity contribution < 1.29 is 9.47 Å². The van der Waals surface area contributed by atoms with Gasteiger partial charge in [-0.3, -0.25) is 0 Å². The van der Waals surface area contributed by atoms with E-state index in [0.717, 1.165) is 34.7 Å². The Hall–Kier alpha value is -2.27. The molecule has 1 fully saturated rings. The fourth-order valence-electron chi connectivity index (χ4n) is 3.98. The summed E-state index contributed by atoms with van der Waals surface area (Å²) in [7, 11) is 1.67.